The highest BCUT2D eigenvalue weighted by Crippen LogP contribution is 2.21. The van der Waals surface area contributed by atoms with Gasteiger partial charge in [-0.1, -0.05) is 41.9 Å². The summed E-state index contributed by atoms with van der Waals surface area (Å²) in [6.07, 6.45) is 3.60. The Hall–Kier alpha value is -1.80. The average molecular weight is 229 g/mol. The Labute approximate surface area is 98.1 Å². The predicted octanol–water partition coefficient (Wildman–Crippen LogP) is 3.65. The number of hydrogen-bond acceptors (Lipinski definition) is 1. The fourth-order valence-electron chi connectivity index (χ4n) is 1.76. The van der Waals surface area contributed by atoms with Gasteiger partial charge in [0, 0.05) is 6.20 Å². The van der Waals surface area contributed by atoms with E-state index in [1.54, 1.807) is 6.20 Å². The van der Waals surface area contributed by atoms with E-state index >= 15 is 0 Å². The maximum absolute atomic E-state index is 5.97. The minimum absolute atomic E-state index is 0.634. The van der Waals surface area contributed by atoms with Gasteiger partial charge in [0.15, 0.2) is 0 Å². The molecule has 0 aliphatic heterocycles. The van der Waals surface area contributed by atoms with Crippen LogP contribution in [0.2, 0.25) is 5.15 Å². The molecule has 0 fully saturated rings. The topological polar surface area (TPSA) is 17.3 Å². The van der Waals surface area contributed by atoms with Gasteiger partial charge in [-0.15, -0.1) is 0 Å². The zero-order valence-corrected chi connectivity index (χ0v) is 9.22. The summed E-state index contributed by atoms with van der Waals surface area (Å²) >= 11 is 5.97. The Balaban J connectivity index is 2.19. The number of hydrogen-bond donors (Lipinski definition) is 0. The molecule has 0 aliphatic rings. The fourth-order valence-corrected chi connectivity index (χ4v) is 1.95. The van der Waals surface area contributed by atoms with Crippen molar-refractivity contribution in [1.29, 1.82) is 0 Å². The summed E-state index contributed by atoms with van der Waals surface area (Å²) < 4.78 is 1.86. The van der Waals surface area contributed by atoms with Crippen molar-refractivity contribution in [1.82, 2.24) is 9.38 Å². The van der Waals surface area contributed by atoms with Crippen LogP contribution in [0.25, 0.3) is 16.8 Å². The van der Waals surface area contributed by atoms with E-state index in [0.717, 1.165) is 11.2 Å². The van der Waals surface area contributed by atoms with E-state index in [4.69, 9.17) is 11.6 Å². The molecule has 78 valence electrons. The lowest BCUT2D eigenvalue weighted by molar-refractivity contribution is 1.19. The molecule has 0 saturated carbocycles. The zero-order valence-electron chi connectivity index (χ0n) is 8.47. The van der Waals surface area contributed by atoms with E-state index in [1.165, 1.54) is 5.56 Å². The Kier molecular flexibility index (Phi) is 2.15. The predicted molar refractivity (Wildman–Crippen MR) is 65.6 cm³/mol. The van der Waals surface area contributed by atoms with E-state index in [-0.39, 0.29) is 0 Å². The number of halogens is 1. The van der Waals surface area contributed by atoms with Crippen molar-refractivity contribution in [3.63, 3.8) is 0 Å². The third-order valence-corrected chi connectivity index (χ3v) is 2.85. The van der Waals surface area contributed by atoms with Crippen molar-refractivity contribution < 1.29 is 0 Å². The molecule has 3 rings (SSSR count). The lowest BCUT2D eigenvalue weighted by atomic mass is 10.1. The summed E-state index contributed by atoms with van der Waals surface area (Å²) in [7, 11) is 0. The lowest BCUT2D eigenvalue weighted by Gasteiger charge is -2.02. The molecule has 0 unspecified atom stereocenters. The second kappa shape index (κ2) is 3.65. The van der Waals surface area contributed by atoms with E-state index < -0.39 is 0 Å². The molecule has 0 amide bonds. The van der Waals surface area contributed by atoms with Crippen LogP contribution in [-0.4, -0.2) is 9.38 Å². The van der Waals surface area contributed by atoms with Gasteiger partial charge in [-0.3, -0.25) is 4.40 Å². The SMILES string of the molecule is Clc1cnc2cc(-c3ccccc3)ccn12. The van der Waals surface area contributed by atoms with Crippen LogP contribution in [0.15, 0.2) is 54.9 Å². The molecule has 0 aliphatic carbocycles. The highest BCUT2D eigenvalue weighted by Gasteiger charge is 2.02. The van der Waals surface area contributed by atoms with Crippen molar-refractivity contribution in [3.8, 4) is 11.1 Å². The van der Waals surface area contributed by atoms with Crippen LogP contribution in [0.4, 0.5) is 0 Å². The van der Waals surface area contributed by atoms with Crippen molar-refractivity contribution >= 4 is 17.2 Å². The molecule has 3 aromatic rings. The van der Waals surface area contributed by atoms with Crippen molar-refractivity contribution in [2.75, 3.05) is 0 Å². The Morgan fingerprint density at radius 2 is 1.81 bits per heavy atom. The molecule has 0 bridgehead atoms. The third-order valence-electron chi connectivity index (χ3n) is 2.58. The van der Waals surface area contributed by atoms with Gasteiger partial charge in [-0.05, 0) is 23.3 Å². The average Bonchev–Trinajstić information content (AvgIpc) is 2.72. The minimum atomic E-state index is 0.634. The molecule has 0 saturated heterocycles. The van der Waals surface area contributed by atoms with Crippen molar-refractivity contribution in [2.24, 2.45) is 0 Å². The number of nitrogens with zero attached hydrogens (tertiary/aromatic N) is 2. The molecule has 0 spiro atoms. The summed E-state index contributed by atoms with van der Waals surface area (Å²) in [4.78, 5) is 4.24. The van der Waals surface area contributed by atoms with Gasteiger partial charge < -0.3 is 0 Å². The van der Waals surface area contributed by atoms with E-state index in [0.29, 0.717) is 5.15 Å². The van der Waals surface area contributed by atoms with Gasteiger partial charge in [0.05, 0.1) is 6.20 Å². The first-order valence-corrected chi connectivity index (χ1v) is 5.40. The number of benzene rings is 1. The molecule has 0 atom stereocenters. The van der Waals surface area contributed by atoms with Crippen molar-refractivity contribution in [3.05, 3.63) is 60.0 Å². The van der Waals surface area contributed by atoms with Gasteiger partial charge in [0.25, 0.3) is 0 Å². The number of rotatable bonds is 1. The largest absolute Gasteiger partial charge is 0.291 e. The van der Waals surface area contributed by atoms with Crippen molar-refractivity contribution in [2.45, 2.75) is 0 Å². The summed E-state index contributed by atoms with van der Waals surface area (Å²) in [6.45, 7) is 0. The molecule has 3 heteroatoms. The van der Waals surface area contributed by atoms with Crippen LogP contribution in [0.1, 0.15) is 0 Å². The Morgan fingerprint density at radius 1 is 1.00 bits per heavy atom. The summed E-state index contributed by atoms with van der Waals surface area (Å²) in [5.74, 6) is 0. The zero-order chi connectivity index (χ0) is 11.0. The molecule has 0 N–H and O–H groups in total. The van der Waals surface area contributed by atoms with Crippen LogP contribution < -0.4 is 0 Å². The standard InChI is InChI=1S/C13H9ClN2/c14-12-9-15-13-8-11(6-7-16(12)13)10-4-2-1-3-5-10/h1-9H. The summed E-state index contributed by atoms with van der Waals surface area (Å²) in [5.41, 5.74) is 3.20. The van der Waals surface area contributed by atoms with Gasteiger partial charge in [0.2, 0.25) is 0 Å². The highest BCUT2D eigenvalue weighted by atomic mass is 35.5. The molecule has 2 aromatic heterocycles. The highest BCUT2D eigenvalue weighted by molar-refractivity contribution is 6.29. The van der Waals surface area contributed by atoms with Crippen LogP contribution in [0.5, 0.6) is 0 Å². The fraction of sp³-hybridized carbons (Fsp3) is 0. The molecule has 1 aromatic carbocycles. The normalized spacial score (nSPS) is 10.8. The quantitative estimate of drug-likeness (QED) is 0.621. The van der Waals surface area contributed by atoms with Crippen LogP contribution in [0.3, 0.4) is 0 Å². The summed E-state index contributed by atoms with van der Waals surface area (Å²) in [5, 5.41) is 0.634. The molecule has 2 heterocycles. The number of fused-ring (bicyclic) bond motifs is 1. The first kappa shape index (κ1) is 9.43. The van der Waals surface area contributed by atoms with E-state index in [1.807, 2.05) is 40.9 Å². The smallest absolute Gasteiger partial charge is 0.138 e. The van der Waals surface area contributed by atoms with Crippen LogP contribution in [-0.2, 0) is 0 Å². The maximum Gasteiger partial charge on any atom is 0.138 e. The Morgan fingerprint density at radius 3 is 2.62 bits per heavy atom. The lowest BCUT2D eigenvalue weighted by Crippen LogP contribution is -1.85. The third kappa shape index (κ3) is 1.48. The minimum Gasteiger partial charge on any atom is -0.291 e. The monoisotopic (exact) mass is 228 g/mol. The number of aromatic nitrogens is 2. The van der Waals surface area contributed by atoms with Crippen LogP contribution in [0, 0.1) is 0 Å². The molecule has 16 heavy (non-hydrogen) atoms. The van der Waals surface area contributed by atoms with Gasteiger partial charge in [-0.2, -0.15) is 0 Å². The first-order chi connectivity index (χ1) is 7.84. The molecular formula is C13H9ClN2. The summed E-state index contributed by atoms with van der Waals surface area (Å²) in [6, 6.07) is 14.3. The van der Waals surface area contributed by atoms with E-state index in [2.05, 4.69) is 17.1 Å². The van der Waals surface area contributed by atoms with Gasteiger partial charge in [0.1, 0.15) is 10.8 Å². The number of pyridine rings is 1. The van der Waals surface area contributed by atoms with Gasteiger partial charge in [-0.25, -0.2) is 4.98 Å². The first-order valence-electron chi connectivity index (χ1n) is 5.02. The van der Waals surface area contributed by atoms with Crippen LogP contribution >= 0.6 is 11.6 Å². The number of imidazole rings is 1. The molecule has 2 nitrogen and oxygen atoms in total. The Bertz CT molecular complexity index is 629. The second-order valence-electron chi connectivity index (χ2n) is 3.59. The van der Waals surface area contributed by atoms with Gasteiger partial charge >= 0.3 is 0 Å². The maximum atomic E-state index is 5.97. The second-order valence-corrected chi connectivity index (χ2v) is 3.98. The molecule has 0 radical (unpaired) electrons. The molecular weight excluding hydrogens is 220 g/mol. The van der Waals surface area contributed by atoms with E-state index in [9.17, 15) is 0 Å².